The number of furan rings is 1. The molecule has 3 nitrogen and oxygen atoms in total. The van der Waals surface area contributed by atoms with E-state index in [1.165, 1.54) is 5.56 Å². The number of para-hydroxylation sites is 1. The molecule has 1 aromatic heterocycles. The van der Waals surface area contributed by atoms with E-state index in [1.54, 1.807) is 6.26 Å². The average molecular weight is 231 g/mol. The molecule has 0 bridgehead atoms. The van der Waals surface area contributed by atoms with E-state index in [0.717, 1.165) is 23.5 Å². The van der Waals surface area contributed by atoms with Crippen molar-refractivity contribution in [2.75, 3.05) is 0 Å². The standard InChI is InChI=1S/C14H17NO2/c1-2-11-5-3-4-6-13(11)17-10-12-7-8-16-14(12)9-15/h3-8H,2,9-10,15H2,1H3. The predicted molar refractivity (Wildman–Crippen MR) is 66.8 cm³/mol. The maximum Gasteiger partial charge on any atom is 0.123 e. The number of benzene rings is 1. The lowest BCUT2D eigenvalue weighted by atomic mass is 10.1. The molecule has 0 unspecified atom stereocenters. The normalized spacial score (nSPS) is 10.5. The van der Waals surface area contributed by atoms with Crippen molar-refractivity contribution in [3.63, 3.8) is 0 Å². The van der Waals surface area contributed by atoms with Crippen molar-refractivity contribution >= 4 is 0 Å². The summed E-state index contributed by atoms with van der Waals surface area (Å²) in [6.45, 7) is 3.02. The summed E-state index contributed by atoms with van der Waals surface area (Å²) in [4.78, 5) is 0. The zero-order chi connectivity index (χ0) is 12.1. The molecule has 1 aromatic carbocycles. The first-order valence-corrected chi connectivity index (χ1v) is 5.81. The Balaban J connectivity index is 2.07. The van der Waals surface area contributed by atoms with Gasteiger partial charge in [0.15, 0.2) is 0 Å². The third kappa shape index (κ3) is 2.68. The van der Waals surface area contributed by atoms with Crippen LogP contribution in [0.4, 0.5) is 0 Å². The van der Waals surface area contributed by atoms with Gasteiger partial charge in [-0.15, -0.1) is 0 Å². The monoisotopic (exact) mass is 231 g/mol. The van der Waals surface area contributed by atoms with Gasteiger partial charge in [-0.3, -0.25) is 0 Å². The molecule has 0 spiro atoms. The Labute approximate surface area is 101 Å². The van der Waals surface area contributed by atoms with Crippen molar-refractivity contribution in [1.82, 2.24) is 0 Å². The molecule has 0 aliphatic rings. The summed E-state index contributed by atoms with van der Waals surface area (Å²) in [6.07, 6.45) is 2.61. The molecule has 17 heavy (non-hydrogen) atoms. The van der Waals surface area contributed by atoms with Gasteiger partial charge < -0.3 is 14.9 Å². The molecule has 0 radical (unpaired) electrons. The topological polar surface area (TPSA) is 48.4 Å². The zero-order valence-electron chi connectivity index (χ0n) is 9.98. The van der Waals surface area contributed by atoms with E-state index in [-0.39, 0.29) is 0 Å². The molecule has 1 heterocycles. The number of hydrogen-bond acceptors (Lipinski definition) is 3. The van der Waals surface area contributed by atoms with Crippen molar-refractivity contribution in [3.8, 4) is 5.75 Å². The predicted octanol–water partition coefficient (Wildman–Crippen LogP) is 2.88. The number of hydrogen-bond donors (Lipinski definition) is 1. The van der Waals surface area contributed by atoms with Crippen molar-refractivity contribution in [2.45, 2.75) is 26.5 Å². The summed E-state index contributed by atoms with van der Waals surface area (Å²) >= 11 is 0. The van der Waals surface area contributed by atoms with Crippen LogP contribution in [0, 0.1) is 0 Å². The highest BCUT2D eigenvalue weighted by atomic mass is 16.5. The van der Waals surface area contributed by atoms with E-state index >= 15 is 0 Å². The van der Waals surface area contributed by atoms with Gasteiger partial charge in [0, 0.05) is 5.56 Å². The summed E-state index contributed by atoms with van der Waals surface area (Å²) in [6, 6.07) is 9.97. The van der Waals surface area contributed by atoms with Crippen LogP contribution in [-0.4, -0.2) is 0 Å². The molecular weight excluding hydrogens is 214 g/mol. The molecule has 0 amide bonds. The van der Waals surface area contributed by atoms with E-state index < -0.39 is 0 Å². The van der Waals surface area contributed by atoms with Gasteiger partial charge in [-0.25, -0.2) is 0 Å². The first-order valence-electron chi connectivity index (χ1n) is 5.81. The highest BCUT2D eigenvalue weighted by molar-refractivity contribution is 5.33. The van der Waals surface area contributed by atoms with Gasteiger partial charge in [0.1, 0.15) is 18.1 Å². The molecule has 2 N–H and O–H groups in total. The molecule has 0 atom stereocenters. The van der Waals surface area contributed by atoms with Crippen LogP contribution in [0.5, 0.6) is 5.75 Å². The van der Waals surface area contributed by atoms with Gasteiger partial charge in [-0.05, 0) is 24.1 Å². The molecule has 3 heteroatoms. The minimum atomic E-state index is 0.404. The van der Waals surface area contributed by atoms with E-state index in [2.05, 4.69) is 13.0 Å². The molecule has 2 aromatic rings. The van der Waals surface area contributed by atoms with Gasteiger partial charge in [0.2, 0.25) is 0 Å². The highest BCUT2D eigenvalue weighted by Crippen LogP contribution is 2.20. The Morgan fingerprint density at radius 1 is 1.18 bits per heavy atom. The van der Waals surface area contributed by atoms with Crippen LogP contribution in [0.15, 0.2) is 41.0 Å². The molecule has 2 rings (SSSR count). The first-order chi connectivity index (χ1) is 8.35. The van der Waals surface area contributed by atoms with Gasteiger partial charge in [-0.1, -0.05) is 25.1 Å². The highest BCUT2D eigenvalue weighted by Gasteiger charge is 2.06. The Hall–Kier alpha value is -1.74. The maximum absolute atomic E-state index is 5.80. The zero-order valence-corrected chi connectivity index (χ0v) is 9.98. The molecule has 0 saturated heterocycles. The lowest BCUT2D eigenvalue weighted by Crippen LogP contribution is -2.02. The summed E-state index contributed by atoms with van der Waals surface area (Å²) < 4.78 is 11.1. The summed E-state index contributed by atoms with van der Waals surface area (Å²) in [5, 5.41) is 0. The van der Waals surface area contributed by atoms with Crippen LogP contribution in [-0.2, 0) is 19.6 Å². The molecule has 0 fully saturated rings. The summed E-state index contributed by atoms with van der Waals surface area (Å²) in [5.74, 6) is 1.72. The quantitative estimate of drug-likeness (QED) is 0.860. The van der Waals surface area contributed by atoms with Crippen LogP contribution in [0.2, 0.25) is 0 Å². The SMILES string of the molecule is CCc1ccccc1OCc1ccoc1CN. The average Bonchev–Trinajstić information content (AvgIpc) is 2.84. The molecule has 0 saturated carbocycles. The van der Waals surface area contributed by atoms with Gasteiger partial charge in [0.05, 0.1) is 12.8 Å². The number of aryl methyl sites for hydroxylation is 1. The van der Waals surface area contributed by atoms with Crippen LogP contribution in [0.3, 0.4) is 0 Å². The third-order valence-corrected chi connectivity index (χ3v) is 2.76. The van der Waals surface area contributed by atoms with Gasteiger partial charge >= 0.3 is 0 Å². The van der Waals surface area contributed by atoms with Crippen molar-refractivity contribution in [2.24, 2.45) is 5.73 Å². The second-order valence-corrected chi connectivity index (χ2v) is 3.82. The second kappa shape index (κ2) is 5.55. The Morgan fingerprint density at radius 2 is 2.00 bits per heavy atom. The van der Waals surface area contributed by atoms with Crippen LogP contribution in [0.1, 0.15) is 23.8 Å². The van der Waals surface area contributed by atoms with Gasteiger partial charge in [-0.2, -0.15) is 0 Å². The number of nitrogens with two attached hydrogens (primary N) is 1. The van der Waals surface area contributed by atoms with E-state index in [9.17, 15) is 0 Å². The minimum Gasteiger partial charge on any atom is -0.488 e. The van der Waals surface area contributed by atoms with E-state index in [4.69, 9.17) is 14.9 Å². The summed E-state index contributed by atoms with van der Waals surface area (Å²) in [7, 11) is 0. The lowest BCUT2D eigenvalue weighted by molar-refractivity contribution is 0.299. The minimum absolute atomic E-state index is 0.404. The number of rotatable bonds is 5. The molecule has 90 valence electrons. The van der Waals surface area contributed by atoms with Crippen molar-refractivity contribution in [3.05, 3.63) is 53.5 Å². The Bertz CT molecular complexity index is 477. The molecule has 0 aliphatic carbocycles. The van der Waals surface area contributed by atoms with Gasteiger partial charge in [0.25, 0.3) is 0 Å². The Kier molecular flexibility index (Phi) is 3.83. The fourth-order valence-electron chi connectivity index (χ4n) is 1.77. The second-order valence-electron chi connectivity index (χ2n) is 3.82. The van der Waals surface area contributed by atoms with Crippen LogP contribution >= 0.6 is 0 Å². The number of ether oxygens (including phenoxy) is 1. The molecular formula is C14H17NO2. The first kappa shape index (κ1) is 11.7. The van der Waals surface area contributed by atoms with Crippen LogP contribution in [0.25, 0.3) is 0 Å². The summed E-state index contributed by atoms with van der Waals surface area (Å²) in [5.41, 5.74) is 7.80. The van der Waals surface area contributed by atoms with Crippen molar-refractivity contribution in [1.29, 1.82) is 0 Å². The largest absolute Gasteiger partial charge is 0.488 e. The van der Waals surface area contributed by atoms with Crippen molar-refractivity contribution < 1.29 is 9.15 Å². The Morgan fingerprint density at radius 3 is 2.76 bits per heavy atom. The van der Waals surface area contributed by atoms with Crippen LogP contribution < -0.4 is 10.5 Å². The molecule has 0 aliphatic heterocycles. The fourth-order valence-corrected chi connectivity index (χ4v) is 1.77. The smallest absolute Gasteiger partial charge is 0.123 e. The van der Waals surface area contributed by atoms with E-state index in [0.29, 0.717) is 13.2 Å². The van der Waals surface area contributed by atoms with E-state index in [1.807, 2.05) is 24.3 Å². The lowest BCUT2D eigenvalue weighted by Gasteiger charge is -2.09. The maximum atomic E-state index is 5.80. The fraction of sp³-hybridized carbons (Fsp3) is 0.286. The third-order valence-electron chi connectivity index (χ3n) is 2.76.